The number of likely N-dealkylation sites (tertiary alicyclic amines) is 1. The van der Waals surface area contributed by atoms with Gasteiger partial charge in [0.05, 0.1) is 23.8 Å². The molecule has 31 heavy (non-hydrogen) atoms. The number of rotatable bonds is 3. The van der Waals surface area contributed by atoms with Crippen LogP contribution in [-0.4, -0.2) is 49.7 Å². The molecule has 0 radical (unpaired) electrons. The SMILES string of the molecule is O=C(c1cccnc1)N1CCc2c(nc([C@H]3CCCCN3C(=O)C3CCC3)[nH]c2=O)C1. The molecule has 8 nitrogen and oxygen atoms in total. The highest BCUT2D eigenvalue weighted by Crippen LogP contribution is 2.35. The number of amides is 2. The number of carbonyl (C=O) groups excluding carboxylic acids is 2. The summed E-state index contributed by atoms with van der Waals surface area (Å²) in [7, 11) is 0. The van der Waals surface area contributed by atoms with Gasteiger partial charge >= 0.3 is 0 Å². The van der Waals surface area contributed by atoms with Crippen molar-refractivity contribution in [3.05, 3.63) is 57.5 Å². The Hall–Kier alpha value is -3.03. The van der Waals surface area contributed by atoms with Crippen molar-refractivity contribution in [1.29, 1.82) is 0 Å². The maximum absolute atomic E-state index is 13.0. The molecule has 0 bridgehead atoms. The average Bonchev–Trinajstić information content (AvgIpc) is 2.77. The molecule has 4 heterocycles. The Morgan fingerprint density at radius 1 is 1.10 bits per heavy atom. The summed E-state index contributed by atoms with van der Waals surface area (Å²) < 4.78 is 0. The molecule has 0 aromatic carbocycles. The predicted molar refractivity (Wildman–Crippen MR) is 113 cm³/mol. The fourth-order valence-electron chi connectivity index (χ4n) is 4.83. The van der Waals surface area contributed by atoms with E-state index in [9.17, 15) is 14.4 Å². The summed E-state index contributed by atoms with van der Waals surface area (Å²) in [5.41, 5.74) is 1.67. The Morgan fingerprint density at radius 2 is 1.97 bits per heavy atom. The predicted octanol–water partition coefficient (Wildman–Crippen LogP) is 2.22. The molecular weight excluding hydrogens is 394 g/mol. The van der Waals surface area contributed by atoms with Crippen molar-refractivity contribution >= 4 is 11.8 Å². The van der Waals surface area contributed by atoms with Gasteiger partial charge < -0.3 is 14.8 Å². The Morgan fingerprint density at radius 3 is 2.71 bits per heavy atom. The van der Waals surface area contributed by atoms with E-state index in [1.807, 2.05) is 4.90 Å². The molecule has 1 atom stereocenters. The van der Waals surface area contributed by atoms with Crippen LogP contribution >= 0.6 is 0 Å². The van der Waals surface area contributed by atoms with Gasteiger partial charge in [0, 0.05) is 37.0 Å². The van der Waals surface area contributed by atoms with Crippen molar-refractivity contribution in [2.24, 2.45) is 5.92 Å². The van der Waals surface area contributed by atoms with E-state index >= 15 is 0 Å². The van der Waals surface area contributed by atoms with Crippen molar-refractivity contribution in [1.82, 2.24) is 24.8 Å². The van der Waals surface area contributed by atoms with E-state index in [2.05, 4.69) is 9.97 Å². The molecule has 1 aliphatic carbocycles. The Bertz CT molecular complexity index is 1050. The lowest BCUT2D eigenvalue weighted by atomic mass is 9.83. The third kappa shape index (κ3) is 3.75. The lowest BCUT2D eigenvalue weighted by Crippen LogP contribution is -2.45. The van der Waals surface area contributed by atoms with E-state index in [1.165, 1.54) is 0 Å². The van der Waals surface area contributed by atoms with Crippen molar-refractivity contribution in [3.8, 4) is 0 Å². The Balaban J connectivity index is 1.42. The van der Waals surface area contributed by atoms with Crippen molar-refractivity contribution in [2.75, 3.05) is 13.1 Å². The summed E-state index contributed by atoms with van der Waals surface area (Å²) in [6, 6.07) is 3.29. The topological polar surface area (TPSA) is 99.3 Å². The van der Waals surface area contributed by atoms with Crippen molar-refractivity contribution < 1.29 is 9.59 Å². The van der Waals surface area contributed by atoms with Crippen LogP contribution < -0.4 is 5.56 Å². The zero-order valence-corrected chi connectivity index (χ0v) is 17.5. The highest BCUT2D eigenvalue weighted by Gasteiger charge is 2.36. The van der Waals surface area contributed by atoms with Crippen molar-refractivity contribution in [3.63, 3.8) is 0 Å². The van der Waals surface area contributed by atoms with Gasteiger partial charge in [-0.25, -0.2) is 4.98 Å². The second-order valence-electron chi connectivity index (χ2n) is 8.77. The summed E-state index contributed by atoms with van der Waals surface area (Å²) in [6.07, 6.45) is 9.49. The molecule has 8 heteroatoms. The minimum Gasteiger partial charge on any atom is -0.332 e. The van der Waals surface area contributed by atoms with Gasteiger partial charge in [0.1, 0.15) is 5.82 Å². The molecule has 0 spiro atoms. The molecule has 3 aliphatic rings. The molecule has 1 saturated heterocycles. The summed E-state index contributed by atoms with van der Waals surface area (Å²) in [5, 5.41) is 0. The molecule has 1 N–H and O–H groups in total. The fraction of sp³-hybridized carbons (Fsp3) is 0.522. The monoisotopic (exact) mass is 421 g/mol. The van der Waals surface area contributed by atoms with Gasteiger partial charge in [-0.2, -0.15) is 0 Å². The number of aromatic nitrogens is 3. The van der Waals surface area contributed by atoms with Gasteiger partial charge in [-0.05, 0) is 50.7 Å². The van der Waals surface area contributed by atoms with Crippen LogP contribution in [0.2, 0.25) is 0 Å². The van der Waals surface area contributed by atoms with E-state index in [-0.39, 0.29) is 29.3 Å². The van der Waals surface area contributed by atoms with Crippen LogP contribution in [0.15, 0.2) is 29.3 Å². The minimum atomic E-state index is -0.191. The van der Waals surface area contributed by atoms with Gasteiger partial charge in [-0.15, -0.1) is 0 Å². The molecule has 0 unspecified atom stereocenters. The maximum Gasteiger partial charge on any atom is 0.255 e. The van der Waals surface area contributed by atoms with Crippen LogP contribution in [0.3, 0.4) is 0 Å². The Kier molecular flexibility index (Phi) is 5.29. The number of carbonyl (C=O) groups is 2. The van der Waals surface area contributed by atoms with Crippen molar-refractivity contribution in [2.45, 2.75) is 57.5 Å². The lowest BCUT2D eigenvalue weighted by molar-refractivity contribution is -0.142. The van der Waals surface area contributed by atoms with Crippen LogP contribution in [-0.2, 0) is 17.8 Å². The summed E-state index contributed by atoms with van der Waals surface area (Å²) in [5.74, 6) is 0.774. The second kappa shape index (κ2) is 8.24. The third-order valence-electron chi connectivity index (χ3n) is 6.84. The molecule has 2 fully saturated rings. The first-order valence-electron chi connectivity index (χ1n) is 11.2. The quantitative estimate of drug-likeness (QED) is 0.819. The molecule has 2 aromatic rings. The number of fused-ring (bicyclic) bond motifs is 1. The van der Waals surface area contributed by atoms with Gasteiger partial charge in [0.25, 0.3) is 11.5 Å². The number of nitrogens with one attached hydrogen (secondary N) is 1. The van der Waals surface area contributed by atoms with E-state index in [4.69, 9.17) is 4.98 Å². The largest absolute Gasteiger partial charge is 0.332 e. The van der Waals surface area contributed by atoms with Crippen LogP contribution in [0.5, 0.6) is 0 Å². The molecule has 2 amide bonds. The smallest absolute Gasteiger partial charge is 0.255 e. The van der Waals surface area contributed by atoms with Crippen LogP contribution in [0.25, 0.3) is 0 Å². The summed E-state index contributed by atoms with van der Waals surface area (Å²) in [4.78, 5) is 54.1. The molecule has 1 saturated carbocycles. The maximum atomic E-state index is 13.0. The van der Waals surface area contributed by atoms with Crippen LogP contribution in [0, 0.1) is 5.92 Å². The van der Waals surface area contributed by atoms with E-state index in [1.54, 1.807) is 29.4 Å². The zero-order valence-electron chi connectivity index (χ0n) is 17.5. The number of piperidine rings is 1. The van der Waals surface area contributed by atoms with Gasteiger partial charge in [0.2, 0.25) is 5.91 Å². The standard InChI is InChI=1S/C23H27N5O3/c29-21-17-9-12-27(22(30)16-7-4-10-24-13-16)14-18(17)25-20(26-21)19-8-1-2-11-28(19)23(31)15-5-3-6-15/h4,7,10,13,15,19H,1-3,5-6,8-9,11-12,14H2,(H,25,26,29)/t19-/m1/s1. The number of aromatic amines is 1. The summed E-state index contributed by atoms with van der Waals surface area (Å²) in [6.45, 7) is 1.48. The first-order chi connectivity index (χ1) is 15.1. The lowest BCUT2D eigenvalue weighted by Gasteiger charge is -2.39. The molecule has 5 rings (SSSR count). The zero-order chi connectivity index (χ0) is 21.4. The van der Waals surface area contributed by atoms with Crippen LogP contribution in [0.4, 0.5) is 0 Å². The first-order valence-corrected chi connectivity index (χ1v) is 11.2. The van der Waals surface area contributed by atoms with E-state index < -0.39 is 0 Å². The number of H-pyrrole nitrogens is 1. The first kappa shape index (κ1) is 19.9. The molecule has 2 aliphatic heterocycles. The number of hydrogen-bond donors (Lipinski definition) is 1. The van der Waals surface area contributed by atoms with Crippen LogP contribution in [0.1, 0.15) is 72.0 Å². The summed E-state index contributed by atoms with van der Waals surface area (Å²) >= 11 is 0. The Labute approximate surface area is 180 Å². The van der Waals surface area contributed by atoms with Gasteiger partial charge in [-0.3, -0.25) is 19.4 Å². The minimum absolute atomic E-state index is 0.109. The number of nitrogens with zero attached hydrogens (tertiary/aromatic N) is 4. The fourth-order valence-corrected chi connectivity index (χ4v) is 4.83. The van der Waals surface area contributed by atoms with E-state index in [0.717, 1.165) is 38.5 Å². The number of pyridine rings is 1. The molecule has 2 aromatic heterocycles. The molecular formula is C23H27N5O3. The van der Waals surface area contributed by atoms with Gasteiger partial charge in [-0.1, -0.05) is 6.42 Å². The van der Waals surface area contributed by atoms with E-state index in [0.29, 0.717) is 48.7 Å². The van der Waals surface area contributed by atoms with Gasteiger partial charge in [0.15, 0.2) is 0 Å². The third-order valence-corrected chi connectivity index (χ3v) is 6.84. The second-order valence-corrected chi connectivity index (χ2v) is 8.77. The molecule has 162 valence electrons. The number of hydrogen-bond acceptors (Lipinski definition) is 5. The highest BCUT2D eigenvalue weighted by molar-refractivity contribution is 5.94. The average molecular weight is 422 g/mol. The normalized spacial score (nSPS) is 21.4. The highest BCUT2D eigenvalue weighted by atomic mass is 16.2.